The highest BCUT2D eigenvalue weighted by Gasteiger charge is 2.23. The molecular formula is C24H33IN4O2. The molecule has 7 heteroatoms. The van der Waals surface area contributed by atoms with Gasteiger partial charge in [0.1, 0.15) is 0 Å². The predicted molar refractivity (Wildman–Crippen MR) is 136 cm³/mol. The first kappa shape index (κ1) is 25.0. The Morgan fingerprint density at radius 2 is 1.74 bits per heavy atom. The SMILES string of the molecule is CCOC(=O)N1CCC(NC(N)=NCC(Cc2ccccc2)c2ccccc2)CC1.I. The number of ether oxygens (including phenoxy) is 1. The standard InChI is InChI=1S/C24H32N4O2.HI/c1-2-30-24(29)28-15-13-22(14-16-28)27-23(25)26-18-21(20-11-7-4-8-12-20)17-19-9-5-3-6-10-19;/h3-12,21-22H,2,13-18H2,1H3,(H3,25,26,27);1H. The van der Waals surface area contributed by atoms with Gasteiger partial charge >= 0.3 is 6.09 Å². The summed E-state index contributed by atoms with van der Waals surface area (Å²) >= 11 is 0. The Morgan fingerprint density at radius 3 is 2.35 bits per heavy atom. The molecule has 0 saturated carbocycles. The second kappa shape index (κ2) is 13.2. The Morgan fingerprint density at radius 1 is 1.13 bits per heavy atom. The molecule has 2 aromatic carbocycles. The number of carbonyl (C=O) groups is 1. The number of hydrogen-bond donors (Lipinski definition) is 2. The van der Waals surface area contributed by atoms with Crippen LogP contribution in [0.2, 0.25) is 0 Å². The summed E-state index contributed by atoms with van der Waals surface area (Å²) in [6.45, 7) is 4.19. The molecule has 1 heterocycles. The largest absolute Gasteiger partial charge is 0.450 e. The molecule has 1 aliphatic rings. The van der Waals surface area contributed by atoms with Crippen LogP contribution in [0.4, 0.5) is 4.79 Å². The van der Waals surface area contributed by atoms with Crippen molar-refractivity contribution in [3.8, 4) is 0 Å². The number of nitrogens with zero attached hydrogens (tertiary/aromatic N) is 2. The second-order valence-electron chi connectivity index (χ2n) is 7.63. The van der Waals surface area contributed by atoms with Gasteiger partial charge in [0, 0.05) is 31.6 Å². The summed E-state index contributed by atoms with van der Waals surface area (Å²) in [5, 5.41) is 3.33. The highest BCUT2D eigenvalue weighted by Crippen LogP contribution is 2.21. The van der Waals surface area contributed by atoms with E-state index < -0.39 is 0 Å². The molecule has 6 nitrogen and oxygen atoms in total. The van der Waals surface area contributed by atoms with E-state index in [0.717, 1.165) is 19.3 Å². The van der Waals surface area contributed by atoms with Crippen LogP contribution in [-0.2, 0) is 11.2 Å². The minimum absolute atomic E-state index is 0. The van der Waals surface area contributed by atoms with Crippen LogP contribution in [0.5, 0.6) is 0 Å². The lowest BCUT2D eigenvalue weighted by atomic mass is 9.92. The number of carbonyl (C=O) groups excluding carboxylic acids is 1. The topological polar surface area (TPSA) is 80.0 Å². The van der Waals surface area contributed by atoms with Crippen LogP contribution in [-0.4, -0.2) is 49.2 Å². The minimum atomic E-state index is -0.232. The molecule has 1 saturated heterocycles. The summed E-state index contributed by atoms with van der Waals surface area (Å²) in [5.74, 6) is 0.734. The van der Waals surface area contributed by atoms with Crippen LogP contribution in [0.25, 0.3) is 0 Å². The van der Waals surface area contributed by atoms with Gasteiger partial charge in [0.05, 0.1) is 6.61 Å². The van der Waals surface area contributed by atoms with Gasteiger partial charge in [-0.05, 0) is 37.3 Å². The van der Waals surface area contributed by atoms with Crippen molar-refractivity contribution in [1.82, 2.24) is 10.2 Å². The summed E-state index contributed by atoms with van der Waals surface area (Å²) in [5.41, 5.74) is 8.76. The number of guanidine groups is 1. The van der Waals surface area contributed by atoms with Crippen LogP contribution in [0.1, 0.15) is 36.8 Å². The van der Waals surface area contributed by atoms with Crippen LogP contribution in [0, 0.1) is 0 Å². The maximum absolute atomic E-state index is 11.8. The fraction of sp³-hybridized carbons (Fsp3) is 0.417. The van der Waals surface area contributed by atoms with Crippen LogP contribution in [0.15, 0.2) is 65.7 Å². The summed E-state index contributed by atoms with van der Waals surface area (Å²) < 4.78 is 5.07. The lowest BCUT2D eigenvalue weighted by Crippen LogP contribution is -2.48. The zero-order valence-electron chi connectivity index (χ0n) is 18.1. The second-order valence-corrected chi connectivity index (χ2v) is 7.63. The molecule has 2 aromatic rings. The van der Waals surface area contributed by atoms with Gasteiger partial charge in [-0.1, -0.05) is 60.7 Å². The first-order valence-corrected chi connectivity index (χ1v) is 10.7. The molecule has 0 bridgehead atoms. The molecule has 1 unspecified atom stereocenters. The number of benzene rings is 2. The van der Waals surface area contributed by atoms with Crippen LogP contribution in [0.3, 0.4) is 0 Å². The van der Waals surface area contributed by atoms with Crippen LogP contribution < -0.4 is 11.1 Å². The molecule has 1 atom stereocenters. The molecule has 0 aromatic heterocycles. The van der Waals surface area contributed by atoms with Crippen molar-refractivity contribution in [3.63, 3.8) is 0 Å². The number of amides is 1. The lowest BCUT2D eigenvalue weighted by molar-refractivity contribution is 0.0963. The number of nitrogens with one attached hydrogen (secondary N) is 1. The molecule has 168 valence electrons. The fourth-order valence-corrected chi connectivity index (χ4v) is 3.80. The van der Waals surface area contributed by atoms with Crippen LogP contribution >= 0.6 is 24.0 Å². The molecule has 3 rings (SSSR count). The highest BCUT2D eigenvalue weighted by atomic mass is 127. The Labute approximate surface area is 202 Å². The number of rotatable bonds is 7. The van der Waals surface area contributed by atoms with Crippen molar-refractivity contribution >= 4 is 36.0 Å². The van der Waals surface area contributed by atoms with E-state index in [1.165, 1.54) is 11.1 Å². The molecular weight excluding hydrogens is 503 g/mol. The number of hydrogen-bond acceptors (Lipinski definition) is 3. The average Bonchev–Trinajstić information content (AvgIpc) is 2.78. The van der Waals surface area contributed by atoms with E-state index >= 15 is 0 Å². The minimum Gasteiger partial charge on any atom is -0.450 e. The third-order valence-electron chi connectivity index (χ3n) is 5.45. The number of likely N-dealkylation sites (tertiary alicyclic amines) is 1. The van der Waals surface area contributed by atoms with E-state index in [0.29, 0.717) is 32.2 Å². The molecule has 1 aliphatic heterocycles. The third-order valence-corrected chi connectivity index (χ3v) is 5.45. The predicted octanol–water partition coefficient (Wildman–Crippen LogP) is 4.16. The van der Waals surface area contributed by atoms with Gasteiger partial charge in [-0.25, -0.2) is 4.79 Å². The fourth-order valence-electron chi connectivity index (χ4n) is 3.80. The zero-order chi connectivity index (χ0) is 21.2. The maximum Gasteiger partial charge on any atom is 0.409 e. The van der Waals surface area contributed by atoms with Gasteiger partial charge in [-0.3, -0.25) is 4.99 Å². The summed E-state index contributed by atoms with van der Waals surface area (Å²) in [4.78, 5) is 18.2. The van der Waals surface area contributed by atoms with Gasteiger partial charge in [0.15, 0.2) is 5.96 Å². The molecule has 0 aliphatic carbocycles. The quantitative estimate of drug-likeness (QED) is 0.317. The third kappa shape index (κ3) is 8.05. The van der Waals surface area contributed by atoms with Gasteiger partial charge in [-0.15, -0.1) is 24.0 Å². The normalized spacial score (nSPS) is 15.6. The Hall–Kier alpha value is -2.29. The van der Waals surface area contributed by atoms with E-state index in [9.17, 15) is 4.79 Å². The smallest absolute Gasteiger partial charge is 0.409 e. The van der Waals surface area contributed by atoms with Crippen molar-refractivity contribution < 1.29 is 9.53 Å². The number of piperidine rings is 1. The summed E-state index contributed by atoms with van der Waals surface area (Å²) in [7, 11) is 0. The number of nitrogens with two attached hydrogens (primary N) is 1. The molecule has 1 fully saturated rings. The van der Waals surface area contributed by atoms with Crippen molar-refractivity contribution in [2.45, 2.75) is 38.1 Å². The van der Waals surface area contributed by atoms with E-state index in [-0.39, 0.29) is 42.0 Å². The van der Waals surface area contributed by atoms with Gasteiger partial charge in [0.2, 0.25) is 0 Å². The first-order chi connectivity index (χ1) is 14.7. The van der Waals surface area contributed by atoms with Gasteiger partial charge < -0.3 is 20.7 Å². The monoisotopic (exact) mass is 536 g/mol. The molecule has 3 N–H and O–H groups in total. The van der Waals surface area contributed by atoms with Crippen molar-refractivity contribution in [3.05, 3.63) is 71.8 Å². The van der Waals surface area contributed by atoms with E-state index in [1.807, 2.05) is 19.1 Å². The molecule has 1 amide bonds. The van der Waals surface area contributed by atoms with Crippen molar-refractivity contribution in [2.75, 3.05) is 26.2 Å². The first-order valence-electron chi connectivity index (χ1n) is 10.7. The Balaban J connectivity index is 0.00000341. The number of aliphatic imine (C=N–C) groups is 1. The summed E-state index contributed by atoms with van der Waals surface area (Å²) in [6.07, 6.45) is 2.35. The molecule has 0 radical (unpaired) electrons. The highest BCUT2D eigenvalue weighted by molar-refractivity contribution is 14.0. The van der Waals surface area contributed by atoms with E-state index in [1.54, 1.807) is 4.90 Å². The molecule has 31 heavy (non-hydrogen) atoms. The van der Waals surface area contributed by atoms with E-state index in [4.69, 9.17) is 10.5 Å². The van der Waals surface area contributed by atoms with Crippen molar-refractivity contribution in [2.24, 2.45) is 10.7 Å². The lowest BCUT2D eigenvalue weighted by Gasteiger charge is -2.31. The average molecular weight is 536 g/mol. The van der Waals surface area contributed by atoms with Crippen molar-refractivity contribution in [1.29, 1.82) is 0 Å². The van der Waals surface area contributed by atoms with Gasteiger partial charge in [0.25, 0.3) is 0 Å². The Kier molecular flexibility index (Phi) is 10.6. The van der Waals surface area contributed by atoms with E-state index in [2.05, 4.69) is 58.8 Å². The number of halogens is 1. The summed E-state index contributed by atoms with van der Waals surface area (Å²) in [6, 6.07) is 21.2. The molecule has 0 spiro atoms. The van der Waals surface area contributed by atoms with Gasteiger partial charge in [-0.2, -0.15) is 0 Å². The Bertz CT molecular complexity index is 809. The maximum atomic E-state index is 11.8. The zero-order valence-corrected chi connectivity index (χ0v) is 20.4.